The van der Waals surface area contributed by atoms with Crippen LogP contribution in [-0.2, 0) is 19.1 Å². The Balaban J connectivity index is 1.65. The van der Waals surface area contributed by atoms with Crippen LogP contribution in [0.25, 0.3) is 0 Å². The van der Waals surface area contributed by atoms with Gasteiger partial charge in [0.1, 0.15) is 11.9 Å². The maximum Gasteiger partial charge on any atom is 0.336 e. The summed E-state index contributed by atoms with van der Waals surface area (Å²) in [6.45, 7) is 4.44. The fourth-order valence-electron chi connectivity index (χ4n) is 6.18. The third kappa shape index (κ3) is 1.64. The number of carbonyl (C=O) groups is 2. The normalized spacial score (nSPS) is 43.1. The van der Waals surface area contributed by atoms with Gasteiger partial charge in [0.2, 0.25) is 0 Å². The maximum atomic E-state index is 12.6. The molecule has 2 heterocycles. The van der Waals surface area contributed by atoms with Crippen molar-refractivity contribution in [3.63, 3.8) is 0 Å². The summed E-state index contributed by atoms with van der Waals surface area (Å²) >= 11 is 0. The molecule has 0 N–H and O–H groups in total. The third-order valence-electron chi connectivity index (χ3n) is 7.13. The fraction of sp³-hybridized carbons (Fsp3) is 0.600. The first-order chi connectivity index (χ1) is 11.4. The standard InChI is InChI=1S/C20H22O4/c1-19-6-3-7-20(2)17(19)15(24-18(20)22)9-12-8-14-11(4-5-13(12)19)10-16(21)23-14/h8,10,15,17H,3-7,9H2,1-2H3. The lowest BCUT2D eigenvalue weighted by molar-refractivity contribution is -0.148. The molecule has 2 aliphatic heterocycles. The van der Waals surface area contributed by atoms with E-state index in [1.54, 1.807) is 6.08 Å². The minimum absolute atomic E-state index is 0.0116. The van der Waals surface area contributed by atoms with Gasteiger partial charge in [-0.15, -0.1) is 0 Å². The van der Waals surface area contributed by atoms with Crippen LogP contribution in [0.2, 0.25) is 0 Å². The van der Waals surface area contributed by atoms with E-state index in [9.17, 15) is 9.59 Å². The molecule has 4 nitrogen and oxygen atoms in total. The van der Waals surface area contributed by atoms with Crippen LogP contribution in [0, 0.1) is 16.7 Å². The number of hydrogen-bond acceptors (Lipinski definition) is 4. The summed E-state index contributed by atoms with van der Waals surface area (Å²) in [6, 6.07) is 0. The van der Waals surface area contributed by atoms with Crippen molar-refractivity contribution in [3.8, 4) is 0 Å². The minimum atomic E-state index is -0.336. The predicted octanol–water partition coefficient (Wildman–Crippen LogP) is 3.59. The molecule has 24 heavy (non-hydrogen) atoms. The second-order valence-corrected chi connectivity index (χ2v) is 8.42. The first kappa shape index (κ1) is 14.5. The molecule has 0 amide bonds. The van der Waals surface area contributed by atoms with Crippen molar-refractivity contribution in [2.75, 3.05) is 0 Å². The van der Waals surface area contributed by atoms with Crippen molar-refractivity contribution in [3.05, 3.63) is 34.6 Å². The molecule has 1 saturated carbocycles. The van der Waals surface area contributed by atoms with Gasteiger partial charge in [-0.3, -0.25) is 4.79 Å². The number of hydrogen-bond donors (Lipinski definition) is 0. The van der Waals surface area contributed by atoms with E-state index in [0.717, 1.165) is 44.1 Å². The van der Waals surface area contributed by atoms with Gasteiger partial charge in [0, 0.05) is 24.0 Å². The Morgan fingerprint density at radius 3 is 2.71 bits per heavy atom. The molecule has 0 aromatic rings. The highest BCUT2D eigenvalue weighted by Gasteiger charge is 2.64. The Labute approximate surface area is 141 Å². The average molecular weight is 326 g/mol. The molecule has 126 valence electrons. The Hall–Kier alpha value is -1.84. The van der Waals surface area contributed by atoms with Crippen molar-refractivity contribution in [1.29, 1.82) is 0 Å². The molecule has 2 fully saturated rings. The molecule has 0 aromatic heterocycles. The van der Waals surface area contributed by atoms with Gasteiger partial charge in [-0.1, -0.05) is 18.9 Å². The highest BCUT2D eigenvalue weighted by molar-refractivity contribution is 5.88. The van der Waals surface area contributed by atoms with Crippen LogP contribution in [0.5, 0.6) is 0 Å². The van der Waals surface area contributed by atoms with Crippen molar-refractivity contribution < 1.29 is 19.1 Å². The number of ether oxygens (including phenoxy) is 2. The monoisotopic (exact) mass is 326 g/mol. The number of allylic oxidation sites excluding steroid dienone is 3. The van der Waals surface area contributed by atoms with Crippen molar-refractivity contribution in [2.24, 2.45) is 16.7 Å². The zero-order valence-corrected chi connectivity index (χ0v) is 14.2. The first-order valence-electron chi connectivity index (χ1n) is 9.00. The molecule has 1 saturated heterocycles. The quantitative estimate of drug-likeness (QED) is 0.638. The zero-order valence-electron chi connectivity index (χ0n) is 14.2. The summed E-state index contributed by atoms with van der Waals surface area (Å²) in [6.07, 6.45) is 9.29. The van der Waals surface area contributed by atoms with Crippen molar-refractivity contribution in [2.45, 2.75) is 58.5 Å². The summed E-state index contributed by atoms with van der Waals surface area (Å²) < 4.78 is 11.2. The van der Waals surface area contributed by atoms with Gasteiger partial charge in [0.25, 0.3) is 0 Å². The van der Waals surface area contributed by atoms with Crippen LogP contribution in [0.3, 0.4) is 0 Å². The second kappa shape index (κ2) is 4.41. The van der Waals surface area contributed by atoms with E-state index in [1.807, 2.05) is 6.08 Å². The summed E-state index contributed by atoms with van der Waals surface area (Å²) in [5.41, 5.74) is 3.38. The van der Waals surface area contributed by atoms with Gasteiger partial charge < -0.3 is 9.47 Å². The van der Waals surface area contributed by atoms with E-state index in [1.165, 1.54) is 11.1 Å². The molecule has 5 aliphatic rings. The molecule has 4 heteroatoms. The van der Waals surface area contributed by atoms with Crippen molar-refractivity contribution in [1.82, 2.24) is 0 Å². The van der Waals surface area contributed by atoms with Crippen LogP contribution in [0.4, 0.5) is 0 Å². The SMILES string of the molecule is CC12CCCC3(C)C4=C(C=C5OC(=O)C=C5CC4)CC(OC1=O)C23. The minimum Gasteiger partial charge on any atom is -0.461 e. The molecule has 5 rings (SSSR count). The fourth-order valence-corrected chi connectivity index (χ4v) is 6.18. The van der Waals surface area contributed by atoms with E-state index in [-0.39, 0.29) is 34.8 Å². The number of fused-ring (bicyclic) bond motifs is 2. The topological polar surface area (TPSA) is 52.6 Å². The van der Waals surface area contributed by atoms with Crippen LogP contribution in [0.1, 0.15) is 52.4 Å². The Bertz CT molecular complexity index is 771. The van der Waals surface area contributed by atoms with Gasteiger partial charge in [0.15, 0.2) is 0 Å². The molecule has 0 radical (unpaired) electrons. The first-order valence-corrected chi connectivity index (χ1v) is 9.00. The molecule has 0 spiro atoms. The second-order valence-electron chi connectivity index (χ2n) is 8.42. The lowest BCUT2D eigenvalue weighted by Crippen LogP contribution is -2.49. The van der Waals surface area contributed by atoms with Gasteiger partial charge >= 0.3 is 11.9 Å². The van der Waals surface area contributed by atoms with Gasteiger partial charge in [0.05, 0.1) is 5.41 Å². The van der Waals surface area contributed by atoms with Crippen LogP contribution < -0.4 is 0 Å². The molecule has 0 bridgehead atoms. The van der Waals surface area contributed by atoms with E-state index in [2.05, 4.69) is 13.8 Å². The summed E-state index contributed by atoms with van der Waals surface area (Å²) in [5, 5.41) is 0. The number of carbonyl (C=O) groups excluding carboxylic acids is 2. The largest absolute Gasteiger partial charge is 0.461 e. The summed E-state index contributed by atoms with van der Waals surface area (Å²) in [4.78, 5) is 24.1. The zero-order chi connectivity index (χ0) is 16.7. The van der Waals surface area contributed by atoms with E-state index in [0.29, 0.717) is 5.76 Å². The highest BCUT2D eigenvalue weighted by Crippen LogP contribution is 2.65. The summed E-state index contributed by atoms with van der Waals surface area (Å²) in [7, 11) is 0. The van der Waals surface area contributed by atoms with Crippen LogP contribution >= 0.6 is 0 Å². The number of esters is 2. The Morgan fingerprint density at radius 1 is 1.08 bits per heavy atom. The molecule has 3 aliphatic carbocycles. The lowest BCUT2D eigenvalue weighted by atomic mass is 9.49. The van der Waals surface area contributed by atoms with Crippen LogP contribution in [-0.4, -0.2) is 18.0 Å². The molecule has 4 unspecified atom stereocenters. The van der Waals surface area contributed by atoms with E-state index >= 15 is 0 Å². The van der Waals surface area contributed by atoms with E-state index < -0.39 is 0 Å². The highest BCUT2D eigenvalue weighted by atomic mass is 16.6. The smallest absolute Gasteiger partial charge is 0.336 e. The molecule has 0 aromatic carbocycles. The molecular formula is C20H22O4. The Kier molecular flexibility index (Phi) is 2.66. The van der Waals surface area contributed by atoms with Crippen LogP contribution in [0.15, 0.2) is 34.6 Å². The van der Waals surface area contributed by atoms with Gasteiger partial charge in [-0.25, -0.2) is 4.79 Å². The van der Waals surface area contributed by atoms with Crippen molar-refractivity contribution >= 4 is 11.9 Å². The molecular weight excluding hydrogens is 304 g/mol. The number of rotatable bonds is 0. The third-order valence-corrected chi connectivity index (χ3v) is 7.13. The summed E-state index contributed by atoms with van der Waals surface area (Å²) in [5.74, 6) is 0.701. The van der Waals surface area contributed by atoms with E-state index in [4.69, 9.17) is 9.47 Å². The average Bonchev–Trinajstić information content (AvgIpc) is 2.91. The van der Waals surface area contributed by atoms with Gasteiger partial charge in [-0.2, -0.15) is 0 Å². The van der Waals surface area contributed by atoms with Gasteiger partial charge in [-0.05, 0) is 49.7 Å². The Morgan fingerprint density at radius 2 is 1.88 bits per heavy atom. The predicted molar refractivity (Wildman–Crippen MR) is 86.6 cm³/mol. The lowest BCUT2D eigenvalue weighted by Gasteiger charge is -2.52. The maximum absolute atomic E-state index is 12.6. The molecule has 4 atom stereocenters.